The van der Waals surface area contributed by atoms with E-state index in [0.717, 1.165) is 14.0 Å². The number of carbonyl (C=O) groups is 3. The van der Waals surface area contributed by atoms with Crippen LogP contribution >= 0.6 is 34.2 Å². The van der Waals surface area contributed by atoms with Gasteiger partial charge in [-0.3, -0.25) is 9.59 Å². The Bertz CT molecular complexity index is 1300. The highest BCUT2D eigenvalue weighted by atomic mass is 127. The van der Waals surface area contributed by atoms with Crippen molar-refractivity contribution in [2.24, 2.45) is 0 Å². The largest absolute Gasteiger partial charge is 0.423 e. The highest BCUT2D eigenvalue weighted by molar-refractivity contribution is 14.1. The molecule has 3 aromatic carbocycles. The van der Waals surface area contributed by atoms with E-state index in [2.05, 4.69) is 27.9 Å². The maximum Gasteiger partial charge on any atom is 0.343 e. The summed E-state index contributed by atoms with van der Waals surface area (Å²) in [5.41, 5.74) is 8.20. The number of hydrogen-bond donors (Lipinski definition) is 2. The van der Waals surface area contributed by atoms with Crippen molar-refractivity contribution < 1.29 is 19.1 Å². The van der Waals surface area contributed by atoms with Crippen molar-refractivity contribution in [2.75, 3.05) is 16.0 Å². The zero-order chi connectivity index (χ0) is 23.7. The van der Waals surface area contributed by atoms with Gasteiger partial charge in [-0.25, -0.2) is 9.69 Å². The molecule has 4 rings (SSSR count). The number of nitrogens with two attached hydrogens (primary N) is 1. The van der Waals surface area contributed by atoms with Crippen LogP contribution in [0.1, 0.15) is 15.9 Å². The number of hydrogen-bond acceptors (Lipinski definition) is 6. The fourth-order valence-electron chi connectivity index (χ4n) is 3.24. The molecule has 33 heavy (non-hydrogen) atoms. The van der Waals surface area contributed by atoms with Gasteiger partial charge in [-0.2, -0.15) is 0 Å². The van der Waals surface area contributed by atoms with E-state index in [1.54, 1.807) is 54.6 Å². The lowest BCUT2D eigenvalue weighted by Gasteiger charge is -2.17. The first-order valence-corrected chi connectivity index (χ1v) is 11.2. The summed E-state index contributed by atoms with van der Waals surface area (Å²) in [4.78, 5) is 39.1. The molecular formula is C24H17ClIN3O4. The van der Waals surface area contributed by atoms with Crippen LogP contribution in [0.2, 0.25) is 0 Å². The molecule has 1 aliphatic rings. The molecule has 166 valence electrons. The molecule has 0 aliphatic carbocycles. The number of rotatable bonds is 5. The fourth-order valence-corrected chi connectivity index (χ4v) is 4.10. The quantitative estimate of drug-likeness (QED) is 0.149. The number of imide groups is 1. The number of aryl methyl sites for hydroxylation is 1. The van der Waals surface area contributed by atoms with Gasteiger partial charge in [-0.15, -0.1) is 0 Å². The summed E-state index contributed by atoms with van der Waals surface area (Å²) >= 11 is 8.36. The summed E-state index contributed by atoms with van der Waals surface area (Å²) in [6, 6.07) is 18.1. The number of nitrogens with one attached hydrogen (secondary N) is 1. The summed E-state index contributed by atoms with van der Waals surface area (Å²) < 4.78 is 6.29. The highest BCUT2D eigenvalue weighted by Gasteiger charge is 2.39. The molecule has 0 aromatic heterocycles. The second-order valence-corrected chi connectivity index (χ2v) is 8.85. The maximum atomic E-state index is 13.0. The van der Waals surface area contributed by atoms with E-state index >= 15 is 0 Å². The second kappa shape index (κ2) is 9.24. The van der Waals surface area contributed by atoms with Gasteiger partial charge < -0.3 is 15.8 Å². The first-order valence-electron chi connectivity index (χ1n) is 9.74. The smallest absolute Gasteiger partial charge is 0.343 e. The standard InChI is InChI=1S/C24H17ClIN3O4/c1-13-12-15(26)4-11-19(13)29-22(30)20(25)21(23(29)31)28-17-7-2-14(3-8-17)24(32)33-18-9-5-16(27)6-10-18/h2-12,28H,27H2,1H3. The Kier molecular flexibility index (Phi) is 6.39. The van der Waals surface area contributed by atoms with Crippen LogP contribution in [0, 0.1) is 10.5 Å². The molecule has 0 radical (unpaired) electrons. The zero-order valence-corrected chi connectivity index (χ0v) is 20.2. The van der Waals surface area contributed by atoms with Crippen LogP contribution in [0.15, 0.2) is 77.5 Å². The average Bonchev–Trinajstić information content (AvgIpc) is 2.99. The Morgan fingerprint density at radius 1 is 1.00 bits per heavy atom. The molecular weight excluding hydrogens is 557 g/mol. The van der Waals surface area contributed by atoms with Crippen molar-refractivity contribution in [1.29, 1.82) is 0 Å². The molecule has 0 unspecified atom stereocenters. The van der Waals surface area contributed by atoms with E-state index in [-0.39, 0.29) is 10.7 Å². The lowest BCUT2D eigenvalue weighted by molar-refractivity contribution is -0.120. The number of benzene rings is 3. The van der Waals surface area contributed by atoms with Crippen molar-refractivity contribution >= 4 is 69.0 Å². The van der Waals surface area contributed by atoms with Crippen molar-refractivity contribution in [1.82, 2.24) is 0 Å². The molecule has 0 atom stereocenters. The number of amides is 2. The summed E-state index contributed by atoms with van der Waals surface area (Å²) in [6.45, 7) is 1.82. The minimum atomic E-state index is -0.600. The van der Waals surface area contributed by atoms with Crippen molar-refractivity contribution in [3.63, 3.8) is 0 Å². The fraction of sp³-hybridized carbons (Fsp3) is 0.0417. The molecule has 1 aliphatic heterocycles. The van der Waals surface area contributed by atoms with Gasteiger partial charge in [-0.1, -0.05) is 11.6 Å². The lowest BCUT2D eigenvalue weighted by atomic mass is 10.2. The number of carbonyl (C=O) groups excluding carboxylic acids is 3. The summed E-state index contributed by atoms with van der Waals surface area (Å²) in [6.07, 6.45) is 0. The number of esters is 1. The molecule has 2 amide bonds. The van der Waals surface area contributed by atoms with Gasteiger partial charge in [-0.05, 0) is 102 Å². The van der Waals surface area contributed by atoms with Gasteiger partial charge in [0.2, 0.25) is 0 Å². The van der Waals surface area contributed by atoms with Crippen LogP contribution in [-0.2, 0) is 9.59 Å². The Hall–Kier alpha value is -3.37. The Morgan fingerprint density at radius 3 is 2.30 bits per heavy atom. The molecule has 0 spiro atoms. The second-order valence-electron chi connectivity index (χ2n) is 7.23. The number of ether oxygens (including phenoxy) is 1. The van der Waals surface area contributed by atoms with Gasteiger partial charge in [0.25, 0.3) is 11.8 Å². The average molecular weight is 574 g/mol. The SMILES string of the molecule is Cc1cc(I)ccc1N1C(=O)C(Cl)=C(Nc2ccc(C(=O)Oc3ccc(N)cc3)cc2)C1=O. The van der Waals surface area contributed by atoms with Crippen LogP contribution < -0.4 is 20.7 Å². The van der Waals surface area contributed by atoms with Crippen LogP contribution in [-0.4, -0.2) is 17.8 Å². The lowest BCUT2D eigenvalue weighted by Crippen LogP contribution is -2.32. The third kappa shape index (κ3) is 4.71. The molecule has 9 heteroatoms. The molecule has 0 fully saturated rings. The number of nitrogen functional groups attached to an aromatic ring is 1. The molecule has 7 nitrogen and oxygen atoms in total. The number of nitrogens with zero attached hydrogens (tertiary/aromatic N) is 1. The van der Waals surface area contributed by atoms with E-state index in [9.17, 15) is 14.4 Å². The van der Waals surface area contributed by atoms with Gasteiger partial charge in [0, 0.05) is 14.9 Å². The maximum absolute atomic E-state index is 13.0. The third-order valence-corrected chi connectivity index (χ3v) is 5.93. The Balaban J connectivity index is 1.49. The molecule has 0 bridgehead atoms. The minimum absolute atomic E-state index is 0.0307. The van der Waals surface area contributed by atoms with Crippen molar-refractivity contribution in [3.8, 4) is 5.75 Å². The van der Waals surface area contributed by atoms with Crippen LogP contribution in [0.4, 0.5) is 17.1 Å². The molecule has 0 saturated carbocycles. The van der Waals surface area contributed by atoms with Gasteiger partial charge >= 0.3 is 5.97 Å². The highest BCUT2D eigenvalue weighted by Crippen LogP contribution is 2.32. The molecule has 0 saturated heterocycles. The first kappa shape index (κ1) is 22.8. The first-order chi connectivity index (χ1) is 15.7. The summed E-state index contributed by atoms with van der Waals surface area (Å²) in [7, 11) is 0. The number of halogens is 2. The third-order valence-electron chi connectivity index (χ3n) is 4.91. The summed E-state index contributed by atoms with van der Waals surface area (Å²) in [5.74, 6) is -1.33. The molecule has 3 aromatic rings. The Morgan fingerprint density at radius 2 is 1.67 bits per heavy atom. The van der Waals surface area contributed by atoms with Crippen LogP contribution in [0.25, 0.3) is 0 Å². The van der Waals surface area contributed by atoms with Crippen molar-refractivity contribution in [2.45, 2.75) is 6.92 Å². The van der Waals surface area contributed by atoms with E-state index in [1.165, 1.54) is 0 Å². The van der Waals surface area contributed by atoms with Crippen LogP contribution in [0.5, 0.6) is 5.75 Å². The van der Waals surface area contributed by atoms with Gasteiger partial charge in [0.05, 0.1) is 11.3 Å². The number of anilines is 3. The predicted octanol–water partition coefficient (Wildman–Crippen LogP) is 4.84. The van der Waals surface area contributed by atoms with E-state index in [1.807, 2.05) is 19.1 Å². The predicted molar refractivity (Wildman–Crippen MR) is 135 cm³/mol. The van der Waals surface area contributed by atoms with Gasteiger partial charge in [0.1, 0.15) is 16.5 Å². The topological polar surface area (TPSA) is 102 Å². The van der Waals surface area contributed by atoms with E-state index in [0.29, 0.717) is 28.4 Å². The minimum Gasteiger partial charge on any atom is -0.423 e. The Labute approximate surface area is 208 Å². The van der Waals surface area contributed by atoms with Crippen LogP contribution in [0.3, 0.4) is 0 Å². The normalized spacial score (nSPS) is 13.5. The molecule has 3 N–H and O–H groups in total. The summed E-state index contributed by atoms with van der Waals surface area (Å²) in [5, 5.41) is 2.69. The molecule has 1 heterocycles. The van der Waals surface area contributed by atoms with Crippen molar-refractivity contribution in [3.05, 3.63) is 92.2 Å². The van der Waals surface area contributed by atoms with Gasteiger partial charge in [0.15, 0.2) is 0 Å². The van der Waals surface area contributed by atoms with E-state index in [4.69, 9.17) is 22.1 Å². The zero-order valence-electron chi connectivity index (χ0n) is 17.3. The monoisotopic (exact) mass is 573 g/mol. The van der Waals surface area contributed by atoms with E-state index < -0.39 is 17.8 Å².